The first kappa shape index (κ1) is 37.5. The maximum absolute atomic E-state index is 10.1. The van der Waals surface area contributed by atoms with E-state index in [1.807, 2.05) is 0 Å². The molecule has 0 rings (SSSR count). The number of carbonyl (C=O) groups is 6. The third-order valence-corrected chi connectivity index (χ3v) is 1.71. The van der Waals surface area contributed by atoms with E-state index in [4.69, 9.17) is 5.11 Å². The molecule has 10 nitrogen and oxygen atoms in total. The molecule has 1 N–H and O–H groups in total. The minimum Gasteiger partial charge on any atom is -0.469 e. The molecule has 0 aliphatic carbocycles. The van der Waals surface area contributed by atoms with Crippen LogP contribution in [0.15, 0.2) is 0 Å². The van der Waals surface area contributed by atoms with Crippen molar-refractivity contribution < 1.29 is 69.8 Å². The van der Waals surface area contributed by atoms with Crippen LogP contribution >= 0.6 is 0 Å². The second-order valence-corrected chi connectivity index (χ2v) is 4.97. The fourth-order valence-electron chi connectivity index (χ4n) is 0.699. The number of esters is 3. The molecule has 0 atom stereocenters. The Bertz CT molecular complexity index is 432. The Labute approximate surface area is 186 Å². The van der Waals surface area contributed by atoms with Crippen LogP contribution in [0.1, 0.15) is 33.1 Å². The number of ether oxygens (including phenoxy) is 3. The van der Waals surface area contributed by atoms with Crippen molar-refractivity contribution in [3.8, 4) is 0 Å². The number of aliphatic hydroxyl groups excluding tert-OH is 1. The monoisotopic (exact) mass is 453 g/mol. The summed E-state index contributed by atoms with van der Waals surface area (Å²) in [7, 11) is 3.68. The molecular formula is C18H29O10Ti. The zero-order valence-electron chi connectivity index (χ0n) is 17.4. The summed E-state index contributed by atoms with van der Waals surface area (Å²) >= 11 is 0. The first-order valence-corrected chi connectivity index (χ1v) is 7.66. The third-order valence-electron chi connectivity index (χ3n) is 1.71. The standard InChI is InChI=1S/3C5H7O3.C3H8O.Ti/c3*1-4(6)3-5(7)8-2;1-3(2)4;/h3*1,3H2,2H3;3-4H,1-2H3;/q3*-1;;+3. The summed E-state index contributed by atoms with van der Waals surface area (Å²) in [5.74, 6) is -2.87. The van der Waals surface area contributed by atoms with Gasteiger partial charge in [0.2, 0.25) is 0 Å². The Morgan fingerprint density at radius 3 is 0.828 bits per heavy atom. The van der Waals surface area contributed by atoms with E-state index in [0.717, 1.165) is 0 Å². The minimum atomic E-state index is -0.537. The Balaban J connectivity index is -0.0000000896. The molecule has 11 heteroatoms. The van der Waals surface area contributed by atoms with E-state index in [-0.39, 0.29) is 47.1 Å². The fraction of sp³-hybridized carbons (Fsp3) is 0.500. The van der Waals surface area contributed by atoms with Gasteiger partial charge in [-0.3, -0.25) is 14.4 Å². The van der Waals surface area contributed by atoms with E-state index in [9.17, 15) is 28.8 Å². The van der Waals surface area contributed by atoms with Crippen LogP contribution in [0.4, 0.5) is 0 Å². The number of Topliss-reactive ketones (excluding diaryl/α,β-unsaturated/α-hetero) is 3. The average Bonchev–Trinajstić information content (AvgIpc) is 2.53. The van der Waals surface area contributed by atoms with E-state index in [0.29, 0.717) is 0 Å². The van der Waals surface area contributed by atoms with Crippen LogP contribution in [0.25, 0.3) is 0 Å². The summed E-state index contributed by atoms with van der Waals surface area (Å²) in [5.41, 5.74) is 0. The Morgan fingerprint density at radius 2 is 0.793 bits per heavy atom. The van der Waals surface area contributed by atoms with Crippen molar-refractivity contribution in [2.75, 3.05) is 21.3 Å². The van der Waals surface area contributed by atoms with Crippen LogP contribution in [-0.4, -0.2) is 67.8 Å². The number of aliphatic hydroxyl groups is 1. The van der Waals surface area contributed by atoms with Gasteiger partial charge in [-0.15, -0.1) is 0 Å². The summed E-state index contributed by atoms with van der Waals surface area (Å²) in [5, 5.41) is 8.06. The molecule has 0 aliphatic rings. The van der Waals surface area contributed by atoms with Crippen molar-refractivity contribution in [2.24, 2.45) is 0 Å². The number of ketones is 3. The van der Waals surface area contributed by atoms with Crippen LogP contribution in [0.3, 0.4) is 0 Å². The molecule has 0 aromatic carbocycles. The van der Waals surface area contributed by atoms with Crippen LogP contribution in [0.2, 0.25) is 0 Å². The van der Waals surface area contributed by atoms with Crippen molar-refractivity contribution in [2.45, 2.75) is 39.2 Å². The molecule has 0 amide bonds. The predicted molar refractivity (Wildman–Crippen MR) is 98.3 cm³/mol. The van der Waals surface area contributed by atoms with Gasteiger partial charge in [0.15, 0.2) is 0 Å². The normalized spacial score (nSPS) is 7.97. The van der Waals surface area contributed by atoms with Gasteiger partial charge in [-0.05, 0) is 13.8 Å². The van der Waals surface area contributed by atoms with E-state index < -0.39 is 35.3 Å². The van der Waals surface area contributed by atoms with Gasteiger partial charge >= 0.3 is 39.6 Å². The smallest absolute Gasteiger partial charge is 0.469 e. The zero-order valence-corrected chi connectivity index (χ0v) is 19.0. The van der Waals surface area contributed by atoms with Crippen molar-refractivity contribution >= 4 is 35.3 Å². The van der Waals surface area contributed by atoms with Gasteiger partial charge in [-0.25, -0.2) is 0 Å². The maximum atomic E-state index is 10.1. The Hall–Kier alpha value is -2.30. The van der Waals surface area contributed by atoms with Gasteiger partial charge in [0.05, 0.1) is 40.6 Å². The second kappa shape index (κ2) is 25.7. The zero-order chi connectivity index (χ0) is 23.3. The molecule has 0 aromatic rings. The van der Waals surface area contributed by atoms with Gasteiger partial charge < -0.3 is 54.5 Å². The SMILES string of the molecule is CC(C)O.[CH2-]C(=O)CC(=O)OC.[CH2-]C(=O)CC(=O)OC.[CH2-]C(=O)CC(=O)OC.[Ti+3]. The number of hydrogen-bond acceptors (Lipinski definition) is 10. The minimum absolute atomic E-state index is 0. The van der Waals surface area contributed by atoms with Gasteiger partial charge in [-0.1, -0.05) is 0 Å². The van der Waals surface area contributed by atoms with Crippen LogP contribution in [-0.2, 0) is 64.7 Å². The number of rotatable bonds is 6. The molecule has 0 bridgehead atoms. The third kappa shape index (κ3) is 58.6. The van der Waals surface area contributed by atoms with Crippen LogP contribution in [0.5, 0.6) is 0 Å². The summed E-state index contributed by atoms with van der Waals surface area (Å²) in [6.45, 7) is 12.4. The molecule has 0 unspecified atom stereocenters. The predicted octanol–water partition coefficient (Wildman–Crippen LogP) is 0.243. The van der Waals surface area contributed by atoms with E-state index in [2.05, 4.69) is 35.0 Å². The summed E-state index contributed by atoms with van der Waals surface area (Å²) in [6.07, 6.45) is -0.844. The molecule has 0 spiro atoms. The van der Waals surface area contributed by atoms with Gasteiger partial charge in [0.25, 0.3) is 0 Å². The molecule has 0 aromatic heterocycles. The van der Waals surface area contributed by atoms with E-state index >= 15 is 0 Å². The van der Waals surface area contributed by atoms with Gasteiger partial charge in [-0.2, -0.15) is 0 Å². The molecule has 1 radical (unpaired) electrons. The molecule has 0 aliphatic heterocycles. The van der Waals surface area contributed by atoms with Gasteiger partial charge in [0, 0.05) is 23.5 Å². The number of methoxy groups -OCH3 is 3. The molecule has 0 saturated carbocycles. The Kier molecular flexibility index (Phi) is 33.2. The van der Waals surface area contributed by atoms with Gasteiger partial charge in [0.1, 0.15) is 0 Å². The number of hydrogen-bond donors (Lipinski definition) is 1. The fourth-order valence-corrected chi connectivity index (χ4v) is 0.699. The van der Waals surface area contributed by atoms with E-state index in [1.165, 1.54) is 21.3 Å². The first-order valence-electron chi connectivity index (χ1n) is 7.66. The number of carbonyl (C=O) groups excluding carboxylic acids is 6. The average molecular weight is 453 g/mol. The quantitative estimate of drug-likeness (QED) is 0.195. The molecule has 0 heterocycles. The maximum Gasteiger partial charge on any atom is 3.00 e. The molecule has 0 saturated heterocycles. The first-order chi connectivity index (χ1) is 12.7. The topological polar surface area (TPSA) is 150 Å². The molecule has 0 fully saturated rings. The summed E-state index contributed by atoms with van der Waals surface area (Å²) < 4.78 is 12.5. The second-order valence-electron chi connectivity index (χ2n) is 4.97. The van der Waals surface area contributed by atoms with E-state index in [1.54, 1.807) is 13.8 Å². The van der Waals surface area contributed by atoms with Crippen molar-refractivity contribution in [3.63, 3.8) is 0 Å². The van der Waals surface area contributed by atoms with Crippen LogP contribution < -0.4 is 0 Å². The van der Waals surface area contributed by atoms with Crippen molar-refractivity contribution in [3.05, 3.63) is 20.8 Å². The summed E-state index contributed by atoms with van der Waals surface area (Å²) in [6, 6.07) is 0. The molecule has 165 valence electrons. The van der Waals surface area contributed by atoms with Crippen molar-refractivity contribution in [1.82, 2.24) is 0 Å². The largest absolute Gasteiger partial charge is 3.00 e. The van der Waals surface area contributed by atoms with Crippen molar-refractivity contribution in [1.29, 1.82) is 0 Å². The molecular weight excluding hydrogens is 424 g/mol. The molecule has 29 heavy (non-hydrogen) atoms. The van der Waals surface area contributed by atoms with Crippen LogP contribution in [0, 0.1) is 20.8 Å². The summed E-state index contributed by atoms with van der Waals surface area (Å²) in [4.78, 5) is 60.4. The Morgan fingerprint density at radius 1 is 0.655 bits per heavy atom.